The van der Waals surface area contributed by atoms with Crippen molar-refractivity contribution in [3.8, 4) is 0 Å². The van der Waals surface area contributed by atoms with Gasteiger partial charge >= 0.3 is 0 Å². The van der Waals surface area contributed by atoms with E-state index in [9.17, 15) is 0 Å². The summed E-state index contributed by atoms with van der Waals surface area (Å²) in [5, 5.41) is 3.67. The minimum atomic E-state index is 0.780. The summed E-state index contributed by atoms with van der Waals surface area (Å²) in [5.74, 6) is 0. The zero-order valence-electron chi connectivity index (χ0n) is 12.8. The van der Waals surface area contributed by atoms with Crippen molar-refractivity contribution in [2.45, 2.75) is 76.0 Å². The fraction of sp³-hybridized carbons (Fsp3) is 1.00. The second-order valence-corrected chi connectivity index (χ2v) is 6.91. The van der Waals surface area contributed by atoms with E-state index in [0.29, 0.717) is 0 Å². The van der Waals surface area contributed by atoms with Crippen molar-refractivity contribution in [3.63, 3.8) is 0 Å². The summed E-state index contributed by atoms with van der Waals surface area (Å²) in [6.07, 6.45) is 9.90. The Morgan fingerprint density at radius 2 is 1.84 bits per heavy atom. The predicted molar refractivity (Wildman–Crippen MR) is 80.5 cm³/mol. The van der Waals surface area contributed by atoms with Crippen LogP contribution >= 0.6 is 0 Å². The molecule has 4 atom stereocenters. The molecular weight excluding hydrogens is 234 g/mol. The SMILES string of the molecule is CCNC1CCCC(N2CCC3CCC(C2)N3C)C1. The number of hydrogen-bond donors (Lipinski definition) is 1. The van der Waals surface area contributed by atoms with E-state index in [-0.39, 0.29) is 0 Å². The summed E-state index contributed by atoms with van der Waals surface area (Å²) >= 11 is 0. The van der Waals surface area contributed by atoms with Gasteiger partial charge in [-0.15, -0.1) is 0 Å². The standard InChI is InChI=1S/C16H31N3/c1-3-17-13-5-4-6-15(11-13)19-10-9-14-7-8-16(12-19)18(14)2/h13-17H,3-12H2,1-2H3. The van der Waals surface area contributed by atoms with Gasteiger partial charge in [0.2, 0.25) is 0 Å². The molecule has 0 spiro atoms. The molecule has 110 valence electrons. The van der Waals surface area contributed by atoms with E-state index in [1.54, 1.807) is 0 Å². The van der Waals surface area contributed by atoms with Gasteiger partial charge in [-0.25, -0.2) is 0 Å². The molecule has 2 aliphatic heterocycles. The lowest BCUT2D eigenvalue weighted by Crippen LogP contribution is -2.47. The molecule has 2 heterocycles. The molecule has 1 N–H and O–H groups in total. The van der Waals surface area contributed by atoms with Crippen LogP contribution in [0.5, 0.6) is 0 Å². The fourth-order valence-corrected chi connectivity index (χ4v) is 4.64. The number of rotatable bonds is 3. The van der Waals surface area contributed by atoms with Crippen molar-refractivity contribution < 1.29 is 0 Å². The van der Waals surface area contributed by atoms with E-state index in [0.717, 1.165) is 30.7 Å². The smallest absolute Gasteiger partial charge is 0.0223 e. The van der Waals surface area contributed by atoms with Crippen LogP contribution in [0.3, 0.4) is 0 Å². The van der Waals surface area contributed by atoms with Crippen LogP contribution in [0.1, 0.15) is 51.9 Å². The average molecular weight is 265 g/mol. The Bertz CT molecular complexity index is 292. The Morgan fingerprint density at radius 3 is 2.68 bits per heavy atom. The molecule has 0 aromatic rings. The van der Waals surface area contributed by atoms with Crippen LogP contribution < -0.4 is 5.32 Å². The van der Waals surface area contributed by atoms with Gasteiger partial charge in [0.05, 0.1) is 0 Å². The summed E-state index contributed by atoms with van der Waals surface area (Å²) in [6, 6.07) is 3.35. The molecule has 0 amide bonds. The molecule has 0 radical (unpaired) electrons. The molecule has 4 unspecified atom stereocenters. The Hall–Kier alpha value is -0.120. The van der Waals surface area contributed by atoms with E-state index in [2.05, 4.69) is 29.1 Å². The molecule has 3 heteroatoms. The first-order valence-electron chi connectivity index (χ1n) is 8.47. The monoisotopic (exact) mass is 265 g/mol. The largest absolute Gasteiger partial charge is 0.314 e. The molecule has 3 rings (SSSR count). The van der Waals surface area contributed by atoms with Gasteiger partial charge in [-0.2, -0.15) is 0 Å². The summed E-state index contributed by atoms with van der Waals surface area (Å²) in [6.45, 7) is 6.04. The second-order valence-electron chi connectivity index (χ2n) is 6.91. The maximum absolute atomic E-state index is 3.67. The second kappa shape index (κ2) is 6.11. The number of likely N-dealkylation sites (N-methyl/N-ethyl adjacent to an activating group) is 1. The molecule has 0 aromatic carbocycles. The maximum Gasteiger partial charge on any atom is 0.0223 e. The molecule has 1 saturated carbocycles. The highest BCUT2D eigenvalue weighted by Crippen LogP contribution is 2.32. The van der Waals surface area contributed by atoms with Crippen LogP contribution in [-0.2, 0) is 0 Å². The average Bonchev–Trinajstić information content (AvgIpc) is 2.64. The lowest BCUT2D eigenvalue weighted by molar-refractivity contribution is 0.126. The quantitative estimate of drug-likeness (QED) is 0.843. The van der Waals surface area contributed by atoms with Crippen LogP contribution in [0.2, 0.25) is 0 Å². The van der Waals surface area contributed by atoms with Gasteiger partial charge in [0.15, 0.2) is 0 Å². The molecule has 2 bridgehead atoms. The molecule has 3 nitrogen and oxygen atoms in total. The molecule has 19 heavy (non-hydrogen) atoms. The molecule has 1 aliphatic carbocycles. The third kappa shape index (κ3) is 2.98. The van der Waals surface area contributed by atoms with Gasteiger partial charge in [-0.05, 0) is 58.7 Å². The zero-order valence-corrected chi connectivity index (χ0v) is 12.8. The third-order valence-corrected chi connectivity index (χ3v) is 5.84. The van der Waals surface area contributed by atoms with Crippen LogP contribution in [0, 0.1) is 0 Å². The predicted octanol–water partition coefficient (Wildman–Crippen LogP) is 2.08. The van der Waals surface area contributed by atoms with Gasteiger partial charge in [0.1, 0.15) is 0 Å². The van der Waals surface area contributed by atoms with Crippen LogP contribution in [-0.4, -0.2) is 60.6 Å². The van der Waals surface area contributed by atoms with Crippen molar-refractivity contribution in [1.82, 2.24) is 15.1 Å². The van der Waals surface area contributed by atoms with Crippen molar-refractivity contribution in [3.05, 3.63) is 0 Å². The van der Waals surface area contributed by atoms with Gasteiger partial charge < -0.3 is 5.32 Å². The first kappa shape index (κ1) is 13.8. The summed E-state index contributed by atoms with van der Waals surface area (Å²) in [4.78, 5) is 5.51. The van der Waals surface area contributed by atoms with Crippen LogP contribution in [0.25, 0.3) is 0 Å². The Morgan fingerprint density at radius 1 is 1.00 bits per heavy atom. The highest BCUT2D eigenvalue weighted by atomic mass is 15.3. The molecule has 3 fully saturated rings. The van der Waals surface area contributed by atoms with E-state index in [1.807, 2.05) is 0 Å². The maximum atomic E-state index is 3.67. The number of fused-ring (bicyclic) bond motifs is 2. The van der Waals surface area contributed by atoms with E-state index >= 15 is 0 Å². The highest BCUT2D eigenvalue weighted by molar-refractivity contribution is 4.94. The minimum absolute atomic E-state index is 0.780. The Labute approximate surface area is 118 Å². The number of likely N-dealkylation sites (tertiary alicyclic amines) is 1. The first-order chi connectivity index (χ1) is 9.28. The van der Waals surface area contributed by atoms with Crippen molar-refractivity contribution >= 4 is 0 Å². The summed E-state index contributed by atoms with van der Waals surface area (Å²) in [5.41, 5.74) is 0. The lowest BCUT2D eigenvalue weighted by atomic mass is 9.89. The highest BCUT2D eigenvalue weighted by Gasteiger charge is 2.37. The number of nitrogens with one attached hydrogen (secondary N) is 1. The lowest BCUT2D eigenvalue weighted by Gasteiger charge is -2.38. The van der Waals surface area contributed by atoms with Crippen LogP contribution in [0.4, 0.5) is 0 Å². The van der Waals surface area contributed by atoms with E-state index in [1.165, 1.54) is 58.0 Å². The molecule has 0 aromatic heterocycles. The molecule has 3 aliphatic rings. The Kier molecular flexibility index (Phi) is 4.45. The van der Waals surface area contributed by atoms with Crippen molar-refractivity contribution in [2.24, 2.45) is 0 Å². The summed E-state index contributed by atoms with van der Waals surface area (Å²) < 4.78 is 0. The van der Waals surface area contributed by atoms with Crippen molar-refractivity contribution in [2.75, 3.05) is 26.7 Å². The van der Waals surface area contributed by atoms with Gasteiger partial charge in [-0.1, -0.05) is 13.3 Å². The topological polar surface area (TPSA) is 18.5 Å². The van der Waals surface area contributed by atoms with E-state index < -0.39 is 0 Å². The van der Waals surface area contributed by atoms with Gasteiger partial charge in [0.25, 0.3) is 0 Å². The van der Waals surface area contributed by atoms with Crippen molar-refractivity contribution in [1.29, 1.82) is 0 Å². The van der Waals surface area contributed by atoms with Gasteiger partial charge in [-0.3, -0.25) is 9.80 Å². The van der Waals surface area contributed by atoms with E-state index in [4.69, 9.17) is 0 Å². The number of hydrogen-bond acceptors (Lipinski definition) is 3. The molecule has 2 saturated heterocycles. The first-order valence-corrected chi connectivity index (χ1v) is 8.47. The number of nitrogens with zero attached hydrogens (tertiary/aromatic N) is 2. The summed E-state index contributed by atoms with van der Waals surface area (Å²) in [7, 11) is 2.36. The van der Waals surface area contributed by atoms with Crippen LogP contribution in [0.15, 0.2) is 0 Å². The van der Waals surface area contributed by atoms with Gasteiger partial charge in [0, 0.05) is 30.7 Å². The molecular formula is C16H31N3. The normalized spacial score (nSPS) is 41.4. The minimum Gasteiger partial charge on any atom is -0.314 e. The Balaban J connectivity index is 1.59. The third-order valence-electron chi connectivity index (χ3n) is 5.84. The zero-order chi connectivity index (χ0) is 13.2. The fourth-order valence-electron chi connectivity index (χ4n) is 4.64.